The maximum atomic E-state index is 9.96. The lowest BCUT2D eigenvalue weighted by molar-refractivity contribution is 0.385. The van der Waals surface area contributed by atoms with Gasteiger partial charge in [-0.2, -0.15) is 0 Å². The molecular formula is C19H26N2O2. The van der Waals surface area contributed by atoms with Gasteiger partial charge in [0.15, 0.2) is 0 Å². The highest BCUT2D eigenvalue weighted by Crippen LogP contribution is 2.24. The Morgan fingerprint density at radius 1 is 0.696 bits per heavy atom. The Kier molecular flexibility index (Phi) is 5.64. The quantitative estimate of drug-likeness (QED) is 0.861. The largest absolute Gasteiger partial charge is 0.508 e. The average Bonchev–Trinajstić information content (AvgIpc) is 2.45. The zero-order chi connectivity index (χ0) is 17.0. The summed E-state index contributed by atoms with van der Waals surface area (Å²) in [5.41, 5.74) is 4.17. The third-order valence-electron chi connectivity index (χ3n) is 3.67. The van der Waals surface area contributed by atoms with E-state index in [9.17, 15) is 10.2 Å². The molecule has 0 heterocycles. The predicted octanol–water partition coefficient (Wildman–Crippen LogP) is 2.81. The number of phenols is 2. The topological polar surface area (TPSA) is 46.9 Å². The Hall–Kier alpha value is -2.04. The third-order valence-corrected chi connectivity index (χ3v) is 3.67. The number of hydrogen-bond donors (Lipinski definition) is 2. The van der Waals surface area contributed by atoms with Crippen molar-refractivity contribution in [3.63, 3.8) is 0 Å². The zero-order valence-corrected chi connectivity index (χ0v) is 14.4. The molecule has 2 N–H and O–H groups in total. The van der Waals surface area contributed by atoms with Crippen LogP contribution in [0.25, 0.3) is 0 Å². The summed E-state index contributed by atoms with van der Waals surface area (Å²) in [7, 11) is 7.94. The molecule has 0 saturated heterocycles. The molecule has 0 aliphatic carbocycles. The molecule has 124 valence electrons. The summed E-state index contributed by atoms with van der Waals surface area (Å²) in [5, 5.41) is 19.9. The number of nitrogens with zero attached hydrogens (tertiary/aromatic N) is 2. The fourth-order valence-corrected chi connectivity index (χ4v) is 2.67. The molecule has 4 heteroatoms. The van der Waals surface area contributed by atoms with Gasteiger partial charge < -0.3 is 20.0 Å². The molecule has 0 aliphatic heterocycles. The summed E-state index contributed by atoms with van der Waals surface area (Å²) in [6.45, 7) is 1.42. The van der Waals surface area contributed by atoms with Gasteiger partial charge in [0.1, 0.15) is 11.5 Å². The number of hydrogen-bond acceptors (Lipinski definition) is 4. The van der Waals surface area contributed by atoms with Gasteiger partial charge in [0.25, 0.3) is 0 Å². The van der Waals surface area contributed by atoms with E-state index >= 15 is 0 Å². The number of aromatic hydroxyl groups is 2. The van der Waals surface area contributed by atoms with Crippen molar-refractivity contribution in [1.82, 2.24) is 9.80 Å². The fraction of sp³-hybridized carbons (Fsp3) is 0.368. The van der Waals surface area contributed by atoms with Crippen molar-refractivity contribution in [3.8, 4) is 11.5 Å². The lowest BCUT2D eigenvalue weighted by Crippen LogP contribution is -2.11. The smallest absolute Gasteiger partial charge is 0.120 e. The molecule has 23 heavy (non-hydrogen) atoms. The second-order valence-corrected chi connectivity index (χ2v) is 6.58. The minimum Gasteiger partial charge on any atom is -0.508 e. The lowest BCUT2D eigenvalue weighted by atomic mass is 10.00. The third kappa shape index (κ3) is 4.98. The highest BCUT2D eigenvalue weighted by molar-refractivity contribution is 5.41. The van der Waals surface area contributed by atoms with Crippen LogP contribution in [0.15, 0.2) is 36.4 Å². The van der Waals surface area contributed by atoms with E-state index in [4.69, 9.17) is 0 Å². The van der Waals surface area contributed by atoms with Crippen LogP contribution in [0.1, 0.15) is 22.3 Å². The van der Waals surface area contributed by atoms with Gasteiger partial charge in [0, 0.05) is 24.2 Å². The number of benzene rings is 2. The first kappa shape index (κ1) is 17.3. The first-order valence-electron chi connectivity index (χ1n) is 7.76. The van der Waals surface area contributed by atoms with Crippen LogP contribution in [0.3, 0.4) is 0 Å². The molecule has 0 fully saturated rings. The van der Waals surface area contributed by atoms with E-state index in [0.717, 1.165) is 28.7 Å². The standard InChI is InChI=1S/C19H26N2O2/c1-20(2)12-16-10-14(5-7-18(16)22)9-15-6-8-19(23)17(11-15)13-21(3)4/h5-8,10-11,22-23H,9,12-13H2,1-4H3. The molecule has 0 saturated carbocycles. The van der Waals surface area contributed by atoms with Crippen LogP contribution >= 0.6 is 0 Å². The molecule has 0 bridgehead atoms. The molecule has 4 nitrogen and oxygen atoms in total. The van der Waals surface area contributed by atoms with Gasteiger partial charge in [0.05, 0.1) is 0 Å². The van der Waals surface area contributed by atoms with Gasteiger partial charge in [-0.3, -0.25) is 0 Å². The summed E-state index contributed by atoms with van der Waals surface area (Å²) in [4.78, 5) is 4.07. The maximum Gasteiger partial charge on any atom is 0.120 e. The summed E-state index contributed by atoms with van der Waals surface area (Å²) >= 11 is 0. The highest BCUT2D eigenvalue weighted by Gasteiger charge is 2.08. The van der Waals surface area contributed by atoms with Crippen LogP contribution in [-0.2, 0) is 19.5 Å². The predicted molar refractivity (Wildman–Crippen MR) is 93.8 cm³/mol. The van der Waals surface area contributed by atoms with Crippen molar-refractivity contribution >= 4 is 0 Å². The Morgan fingerprint density at radius 2 is 1.09 bits per heavy atom. The first-order valence-corrected chi connectivity index (χ1v) is 7.76. The van der Waals surface area contributed by atoms with E-state index in [-0.39, 0.29) is 0 Å². The van der Waals surface area contributed by atoms with E-state index in [1.54, 1.807) is 12.1 Å². The average molecular weight is 314 g/mol. The van der Waals surface area contributed by atoms with Crippen molar-refractivity contribution in [2.24, 2.45) is 0 Å². The van der Waals surface area contributed by atoms with Crippen molar-refractivity contribution in [2.75, 3.05) is 28.2 Å². The van der Waals surface area contributed by atoms with Gasteiger partial charge >= 0.3 is 0 Å². The molecule has 0 spiro atoms. The molecule has 2 rings (SSSR count). The van der Waals surface area contributed by atoms with Crippen LogP contribution in [0.2, 0.25) is 0 Å². The maximum absolute atomic E-state index is 9.96. The molecule has 0 atom stereocenters. The van der Waals surface area contributed by atoms with Gasteiger partial charge in [-0.25, -0.2) is 0 Å². The first-order chi connectivity index (χ1) is 10.8. The van der Waals surface area contributed by atoms with Gasteiger partial charge in [-0.05, 0) is 57.9 Å². The van der Waals surface area contributed by atoms with Crippen molar-refractivity contribution in [2.45, 2.75) is 19.5 Å². The van der Waals surface area contributed by atoms with Gasteiger partial charge in [-0.15, -0.1) is 0 Å². The summed E-state index contributed by atoms with van der Waals surface area (Å²) in [6, 6.07) is 11.5. The second kappa shape index (κ2) is 7.49. The zero-order valence-electron chi connectivity index (χ0n) is 14.4. The molecular weight excluding hydrogens is 288 g/mol. The van der Waals surface area contributed by atoms with Crippen molar-refractivity contribution < 1.29 is 10.2 Å². The van der Waals surface area contributed by atoms with Gasteiger partial charge in [-0.1, -0.05) is 24.3 Å². The molecule has 0 unspecified atom stereocenters. The molecule has 0 aliphatic rings. The SMILES string of the molecule is CN(C)Cc1cc(Cc2ccc(O)c(CN(C)C)c2)ccc1O. The van der Waals surface area contributed by atoms with E-state index in [0.29, 0.717) is 24.6 Å². The summed E-state index contributed by atoms with van der Waals surface area (Å²) < 4.78 is 0. The monoisotopic (exact) mass is 314 g/mol. The molecule has 0 amide bonds. The van der Waals surface area contributed by atoms with Crippen LogP contribution in [0.4, 0.5) is 0 Å². The van der Waals surface area contributed by atoms with Gasteiger partial charge in [0.2, 0.25) is 0 Å². The fourth-order valence-electron chi connectivity index (χ4n) is 2.67. The summed E-state index contributed by atoms with van der Waals surface area (Å²) in [5.74, 6) is 0.669. The van der Waals surface area contributed by atoms with Crippen molar-refractivity contribution in [3.05, 3.63) is 58.7 Å². The normalized spacial score (nSPS) is 11.4. The second-order valence-electron chi connectivity index (χ2n) is 6.58. The molecule has 0 aromatic heterocycles. The summed E-state index contributed by atoms with van der Waals surface area (Å²) in [6.07, 6.45) is 0.779. The Morgan fingerprint density at radius 3 is 1.43 bits per heavy atom. The molecule has 0 radical (unpaired) electrons. The molecule has 2 aromatic rings. The Bertz CT molecular complexity index is 609. The number of phenolic OH excluding ortho intramolecular Hbond substituents is 2. The Labute approximate surface area is 138 Å². The van der Waals surface area contributed by atoms with Crippen LogP contribution in [0.5, 0.6) is 11.5 Å². The van der Waals surface area contributed by atoms with Crippen LogP contribution in [0, 0.1) is 0 Å². The highest BCUT2D eigenvalue weighted by atomic mass is 16.3. The molecule has 2 aromatic carbocycles. The van der Waals surface area contributed by atoms with Crippen LogP contribution in [-0.4, -0.2) is 48.2 Å². The number of rotatable bonds is 6. The van der Waals surface area contributed by atoms with E-state index in [1.807, 2.05) is 62.3 Å². The Balaban J connectivity index is 2.22. The van der Waals surface area contributed by atoms with E-state index < -0.39 is 0 Å². The van der Waals surface area contributed by atoms with E-state index in [1.165, 1.54) is 0 Å². The minimum atomic E-state index is 0.335. The van der Waals surface area contributed by atoms with Crippen molar-refractivity contribution in [1.29, 1.82) is 0 Å². The van der Waals surface area contributed by atoms with E-state index in [2.05, 4.69) is 0 Å². The minimum absolute atomic E-state index is 0.335. The lowest BCUT2D eigenvalue weighted by Gasteiger charge is -2.14. The van der Waals surface area contributed by atoms with Crippen LogP contribution < -0.4 is 0 Å².